The summed E-state index contributed by atoms with van der Waals surface area (Å²) in [7, 11) is -4.34. The van der Waals surface area contributed by atoms with E-state index >= 15 is 0 Å². The van der Waals surface area contributed by atoms with E-state index in [1.807, 2.05) is 39.1 Å². The molecule has 0 saturated carbocycles. The van der Waals surface area contributed by atoms with Gasteiger partial charge in [-0.05, 0) is 23.8 Å². The summed E-state index contributed by atoms with van der Waals surface area (Å²) in [6.45, 7) is 2.24. The highest BCUT2D eigenvalue weighted by molar-refractivity contribution is 9.10. The average Bonchev–Trinajstić information content (AvgIpc) is 2.80. The first-order valence-corrected chi connectivity index (χ1v) is 9.40. The number of nitrogens with zero attached hydrogens (tertiary/aromatic N) is 1. The van der Waals surface area contributed by atoms with Crippen molar-refractivity contribution >= 4 is 32.0 Å². The van der Waals surface area contributed by atoms with E-state index in [0.717, 1.165) is 22.1 Å². The topological polar surface area (TPSA) is 63.7 Å². The third kappa shape index (κ3) is 8.05. The van der Waals surface area contributed by atoms with Gasteiger partial charge in [0.25, 0.3) is 5.91 Å². The fourth-order valence-electron chi connectivity index (χ4n) is 1.65. The summed E-state index contributed by atoms with van der Waals surface area (Å²) in [6.07, 6.45) is -5.13. The molecule has 1 aliphatic heterocycles. The molecule has 0 bridgehead atoms. The maximum absolute atomic E-state index is 11.4. The molecule has 1 aliphatic rings. The summed E-state index contributed by atoms with van der Waals surface area (Å²) in [6, 6.07) is 5.76. The summed E-state index contributed by atoms with van der Waals surface area (Å²) in [5, 5.41) is 0. The van der Waals surface area contributed by atoms with Crippen LogP contribution in [0.15, 0.2) is 22.7 Å². The molecule has 1 aromatic rings. The first-order chi connectivity index (χ1) is 12.1. The predicted molar refractivity (Wildman–Crippen MR) is 88.3 cm³/mol. The van der Waals surface area contributed by atoms with Crippen molar-refractivity contribution in [1.29, 1.82) is 0 Å². The monoisotopic (exact) mass is 487 g/mol. The number of fused-ring (bicyclic) bond motifs is 1. The highest BCUT2D eigenvalue weighted by atomic mass is 79.9. The van der Waals surface area contributed by atoms with Crippen molar-refractivity contribution in [2.24, 2.45) is 0 Å². The van der Waals surface area contributed by atoms with Crippen LogP contribution in [0.25, 0.3) is 0 Å². The lowest BCUT2D eigenvalue weighted by Gasteiger charge is -2.09. The number of alkyl halides is 6. The van der Waals surface area contributed by atoms with Crippen molar-refractivity contribution in [3.8, 4) is 0 Å². The third-order valence-electron chi connectivity index (χ3n) is 2.71. The number of hydrogen-bond acceptors (Lipinski definition) is 4. The average molecular weight is 488 g/mol. The van der Waals surface area contributed by atoms with Crippen LogP contribution in [0.1, 0.15) is 29.8 Å². The lowest BCUT2D eigenvalue weighted by Crippen LogP contribution is -2.29. The van der Waals surface area contributed by atoms with E-state index in [-0.39, 0.29) is 5.91 Å². The zero-order valence-electron chi connectivity index (χ0n) is 14.3. The SMILES string of the molecule is CC.CN1Cc2cc(Br)ccc2C1=O.O=S(=O)(OCC(F)(F)F)C(F)(F)F. The van der Waals surface area contributed by atoms with Crippen molar-refractivity contribution in [3.05, 3.63) is 33.8 Å². The Balaban J connectivity index is 0.000000459. The minimum Gasteiger partial charge on any atom is -0.337 e. The standard InChI is InChI=1S/C9H8BrNO.C3H2F6O3S.C2H6/c1-11-5-6-4-7(10)2-3-8(6)9(11)12;4-2(5,6)1-12-13(10,11)3(7,8)9;1-2/h2-4H,5H2,1H3;1H2;1-2H3. The molecule has 0 radical (unpaired) electrons. The van der Waals surface area contributed by atoms with E-state index in [1.54, 1.807) is 4.90 Å². The number of carbonyl (C=O) groups excluding carboxylic acids is 1. The smallest absolute Gasteiger partial charge is 0.337 e. The summed E-state index contributed by atoms with van der Waals surface area (Å²) in [5.74, 6) is 0.123. The first-order valence-electron chi connectivity index (χ1n) is 7.20. The molecule has 1 aromatic carbocycles. The molecule has 1 heterocycles. The molecule has 0 atom stereocenters. The number of amides is 1. The van der Waals surface area contributed by atoms with Gasteiger partial charge in [-0.1, -0.05) is 29.8 Å². The lowest BCUT2D eigenvalue weighted by atomic mass is 10.1. The Morgan fingerprint density at radius 3 is 2.11 bits per heavy atom. The largest absolute Gasteiger partial charge is 0.523 e. The van der Waals surface area contributed by atoms with Gasteiger partial charge < -0.3 is 4.90 Å². The number of benzene rings is 1. The second kappa shape index (κ2) is 9.73. The minimum absolute atomic E-state index is 0.123. The lowest BCUT2D eigenvalue weighted by molar-refractivity contribution is -0.156. The summed E-state index contributed by atoms with van der Waals surface area (Å²) < 4.78 is 91.1. The van der Waals surface area contributed by atoms with Crippen LogP contribution in [0.4, 0.5) is 26.3 Å². The zero-order chi connectivity index (χ0) is 21.6. The fraction of sp³-hybridized carbons (Fsp3) is 0.500. The van der Waals surface area contributed by atoms with Crippen LogP contribution in [-0.2, 0) is 20.8 Å². The minimum atomic E-state index is -6.15. The zero-order valence-corrected chi connectivity index (χ0v) is 16.7. The van der Waals surface area contributed by atoms with Crippen LogP contribution in [0, 0.1) is 0 Å². The Hall–Kier alpha value is -1.34. The maximum Gasteiger partial charge on any atom is 0.523 e. The number of hydrogen-bond donors (Lipinski definition) is 0. The van der Waals surface area contributed by atoms with Gasteiger partial charge in [0, 0.05) is 23.6 Å². The van der Waals surface area contributed by atoms with Gasteiger partial charge in [0.05, 0.1) is 0 Å². The molecule has 0 unspecified atom stereocenters. The number of carbonyl (C=O) groups is 1. The van der Waals surface area contributed by atoms with Crippen molar-refractivity contribution < 1.29 is 43.7 Å². The van der Waals surface area contributed by atoms with Crippen LogP contribution in [0.5, 0.6) is 0 Å². The van der Waals surface area contributed by atoms with Crippen LogP contribution in [0.3, 0.4) is 0 Å². The van der Waals surface area contributed by atoms with Gasteiger partial charge in [-0.25, -0.2) is 0 Å². The van der Waals surface area contributed by atoms with E-state index in [4.69, 9.17) is 0 Å². The molecule has 5 nitrogen and oxygen atoms in total. The molecule has 156 valence electrons. The van der Waals surface area contributed by atoms with Crippen LogP contribution in [0.2, 0.25) is 0 Å². The molecule has 27 heavy (non-hydrogen) atoms. The Morgan fingerprint density at radius 2 is 1.67 bits per heavy atom. The van der Waals surface area contributed by atoms with Gasteiger partial charge in [-0.15, -0.1) is 0 Å². The molecule has 0 aliphatic carbocycles. The van der Waals surface area contributed by atoms with Crippen LogP contribution < -0.4 is 0 Å². The molecule has 0 spiro atoms. The second-order valence-electron chi connectivity index (χ2n) is 4.74. The van der Waals surface area contributed by atoms with Gasteiger partial charge in [0.2, 0.25) is 0 Å². The molecule has 0 N–H and O–H groups in total. The van der Waals surface area contributed by atoms with Crippen LogP contribution >= 0.6 is 15.9 Å². The summed E-state index contributed by atoms with van der Waals surface area (Å²) >= 11 is 3.37. The van der Waals surface area contributed by atoms with E-state index in [9.17, 15) is 39.6 Å². The fourth-order valence-corrected chi connectivity index (χ4v) is 2.48. The quantitative estimate of drug-likeness (QED) is 0.350. The Morgan fingerprint density at radius 1 is 1.15 bits per heavy atom. The van der Waals surface area contributed by atoms with Crippen LogP contribution in [-0.4, -0.2) is 44.6 Å². The molecule has 0 fully saturated rings. The molecular formula is C14H16BrF6NO4S. The number of halogens is 7. The van der Waals surface area contributed by atoms with Crippen molar-refractivity contribution in [2.75, 3.05) is 13.7 Å². The van der Waals surface area contributed by atoms with Gasteiger partial charge in [-0.3, -0.25) is 8.98 Å². The van der Waals surface area contributed by atoms with E-state index in [1.165, 1.54) is 0 Å². The normalized spacial score (nSPS) is 14.0. The van der Waals surface area contributed by atoms with E-state index in [0.29, 0.717) is 0 Å². The van der Waals surface area contributed by atoms with Gasteiger partial charge in [0.1, 0.15) is 0 Å². The molecule has 0 saturated heterocycles. The Kier molecular flexibility index (Phi) is 9.25. The second-order valence-corrected chi connectivity index (χ2v) is 7.26. The molecular weight excluding hydrogens is 472 g/mol. The number of rotatable bonds is 2. The van der Waals surface area contributed by atoms with Gasteiger partial charge in [0.15, 0.2) is 6.61 Å². The highest BCUT2D eigenvalue weighted by Gasteiger charge is 2.49. The van der Waals surface area contributed by atoms with Gasteiger partial charge in [-0.2, -0.15) is 34.8 Å². The van der Waals surface area contributed by atoms with Crippen molar-refractivity contribution in [3.63, 3.8) is 0 Å². The van der Waals surface area contributed by atoms with E-state index < -0.39 is 28.4 Å². The highest BCUT2D eigenvalue weighted by Crippen LogP contribution is 2.27. The molecule has 2 rings (SSSR count). The molecule has 1 amide bonds. The Bertz CT molecular complexity index is 749. The Labute approximate surface area is 160 Å². The molecule has 13 heteroatoms. The summed E-state index contributed by atoms with van der Waals surface area (Å²) in [5.41, 5.74) is -3.89. The van der Waals surface area contributed by atoms with E-state index in [2.05, 4.69) is 20.1 Å². The van der Waals surface area contributed by atoms with Crippen molar-refractivity contribution in [1.82, 2.24) is 4.90 Å². The maximum atomic E-state index is 11.4. The molecule has 0 aromatic heterocycles. The van der Waals surface area contributed by atoms with Crippen molar-refractivity contribution in [2.45, 2.75) is 32.1 Å². The summed E-state index contributed by atoms with van der Waals surface area (Å²) in [4.78, 5) is 13.1. The first kappa shape index (κ1) is 25.7. The predicted octanol–water partition coefficient (Wildman–Crippen LogP) is 4.48. The third-order valence-corrected chi connectivity index (χ3v) is 4.20. The van der Waals surface area contributed by atoms with Gasteiger partial charge >= 0.3 is 21.8 Å².